The third-order valence-corrected chi connectivity index (χ3v) is 5.29. The Morgan fingerprint density at radius 1 is 0.903 bits per heavy atom. The minimum absolute atomic E-state index is 0.0151. The fourth-order valence-electron chi connectivity index (χ4n) is 3.36. The molecule has 0 aliphatic carbocycles. The Morgan fingerprint density at radius 3 is 1.97 bits per heavy atom. The van der Waals surface area contributed by atoms with Crippen LogP contribution in [-0.4, -0.2) is 24.0 Å². The highest BCUT2D eigenvalue weighted by molar-refractivity contribution is 5.88. The standard InChI is InChI=1S/C26H36N2O3/c1-18(2)22(25(30)31-17-20-13-9-7-10-14-20)28-24(29)23(26(4,5)6)27-19(3)21-15-11-8-12-16-21/h7-16,18-19,22-23,27H,17H2,1-6H3,(H,28,29)/t19-,22-,23+/m0/s1. The Kier molecular flexibility index (Phi) is 8.81. The number of hydrogen-bond donors (Lipinski definition) is 2. The molecular weight excluding hydrogens is 388 g/mol. The molecule has 0 aliphatic heterocycles. The topological polar surface area (TPSA) is 67.4 Å². The van der Waals surface area contributed by atoms with E-state index in [1.165, 1.54) is 0 Å². The fraction of sp³-hybridized carbons (Fsp3) is 0.462. The number of benzene rings is 2. The molecule has 168 valence electrons. The van der Waals surface area contributed by atoms with Gasteiger partial charge in [-0.1, -0.05) is 95.3 Å². The van der Waals surface area contributed by atoms with E-state index in [1.54, 1.807) is 0 Å². The van der Waals surface area contributed by atoms with E-state index < -0.39 is 18.1 Å². The van der Waals surface area contributed by atoms with Gasteiger partial charge in [-0.05, 0) is 29.4 Å². The second-order valence-corrected chi connectivity index (χ2v) is 9.42. The highest BCUT2D eigenvalue weighted by Gasteiger charge is 2.35. The summed E-state index contributed by atoms with van der Waals surface area (Å²) in [5.74, 6) is -0.721. The van der Waals surface area contributed by atoms with Gasteiger partial charge >= 0.3 is 5.97 Å². The van der Waals surface area contributed by atoms with Gasteiger partial charge in [-0.25, -0.2) is 4.79 Å². The van der Waals surface area contributed by atoms with Crippen LogP contribution in [0, 0.1) is 11.3 Å². The van der Waals surface area contributed by atoms with Crippen molar-refractivity contribution in [1.29, 1.82) is 0 Å². The van der Waals surface area contributed by atoms with Crippen LogP contribution in [0.5, 0.6) is 0 Å². The SMILES string of the molecule is CC(C)[C@H](NC(=O)[C@@H](N[C@@H](C)c1ccccc1)C(C)(C)C)C(=O)OCc1ccccc1. The maximum absolute atomic E-state index is 13.3. The maximum atomic E-state index is 13.3. The van der Waals surface area contributed by atoms with Gasteiger partial charge in [0.2, 0.25) is 5.91 Å². The van der Waals surface area contributed by atoms with E-state index in [1.807, 2.05) is 102 Å². The first-order valence-corrected chi connectivity index (χ1v) is 10.9. The van der Waals surface area contributed by atoms with Gasteiger partial charge in [0.25, 0.3) is 0 Å². The molecule has 0 aromatic heterocycles. The second-order valence-electron chi connectivity index (χ2n) is 9.42. The molecular formula is C26H36N2O3. The minimum Gasteiger partial charge on any atom is -0.459 e. The number of amides is 1. The maximum Gasteiger partial charge on any atom is 0.329 e. The van der Waals surface area contributed by atoms with Crippen LogP contribution in [0.25, 0.3) is 0 Å². The van der Waals surface area contributed by atoms with Crippen molar-refractivity contribution in [2.45, 2.75) is 66.3 Å². The molecule has 3 atom stereocenters. The van der Waals surface area contributed by atoms with Gasteiger partial charge in [-0.3, -0.25) is 10.1 Å². The quantitative estimate of drug-likeness (QED) is 0.576. The van der Waals surface area contributed by atoms with Gasteiger partial charge in [0, 0.05) is 6.04 Å². The van der Waals surface area contributed by atoms with E-state index in [-0.39, 0.29) is 29.9 Å². The Morgan fingerprint density at radius 2 is 1.45 bits per heavy atom. The molecule has 1 amide bonds. The van der Waals surface area contributed by atoms with Crippen LogP contribution in [0.15, 0.2) is 60.7 Å². The molecule has 0 saturated carbocycles. The Bertz CT molecular complexity index is 829. The molecule has 2 aromatic carbocycles. The molecule has 0 aliphatic rings. The second kappa shape index (κ2) is 11.1. The van der Waals surface area contributed by atoms with Crippen molar-refractivity contribution >= 4 is 11.9 Å². The molecule has 0 fully saturated rings. The van der Waals surface area contributed by atoms with Crippen LogP contribution in [0.2, 0.25) is 0 Å². The predicted octanol–water partition coefficient (Wildman–Crippen LogP) is 4.64. The van der Waals surface area contributed by atoms with Crippen LogP contribution in [0.3, 0.4) is 0 Å². The Hall–Kier alpha value is -2.66. The number of ether oxygens (including phenoxy) is 1. The molecule has 0 bridgehead atoms. The van der Waals surface area contributed by atoms with Crippen molar-refractivity contribution in [3.63, 3.8) is 0 Å². The number of hydrogen-bond acceptors (Lipinski definition) is 4. The average Bonchev–Trinajstić information content (AvgIpc) is 2.74. The van der Waals surface area contributed by atoms with Crippen LogP contribution in [0.1, 0.15) is 58.7 Å². The van der Waals surface area contributed by atoms with E-state index in [2.05, 4.69) is 10.6 Å². The predicted molar refractivity (Wildman–Crippen MR) is 124 cm³/mol. The molecule has 0 radical (unpaired) electrons. The number of nitrogens with one attached hydrogen (secondary N) is 2. The van der Waals surface area contributed by atoms with Crippen LogP contribution >= 0.6 is 0 Å². The van der Waals surface area contributed by atoms with Crippen LogP contribution in [-0.2, 0) is 20.9 Å². The van der Waals surface area contributed by atoms with E-state index in [4.69, 9.17) is 4.74 Å². The van der Waals surface area contributed by atoms with E-state index in [9.17, 15) is 9.59 Å². The lowest BCUT2D eigenvalue weighted by molar-refractivity contribution is -0.151. The molecule has 0 heterocycles. The van der Waals surface area contributed by atoms with Crippen molar-refractivity contribution < 1.29 is 14.3 Å². The molecule has 31 heavy (non-hydrogen) atoms. The summed E-state index contributed by atoms with van der Waals surface area (Å²) in [4.78, 5) is 26.0. The lowest BCUT2D eigenvalue weighted by Gasteiger charge is -2.34. The van der Waals surface area contributed by atoms with Gasteiger partial charge in [0.1, 0.15) is 12.6 Å². The summed E-state index contributed by atoms with van der Waals surface area (Å²) in [6.07, 6.45) is 0. The van der Waals surface area contributed by atoms with Gasteiger partial charge < -0.3 is 10.1 Å². The van der Waals surface area contributed by atoms with Crippen molar-refractivity contribution in [3.05, 3.63) is 71.8 Å². The van der Waals surface area contributed by atoms with E-state index in [0.29, 0.717) is 0 Å². The molecule has 2 N–H and O–H groups in total. The van der Waals surface area contributed by atoms with Gasteiger partial charge in [0.05, 0.1) is 6.04 Å². The van der Waals surface area contributed by atoms with Crippen LogP contribution < -0.4 is 10.6 Å². The Labute approximate surface area is 186 Å². The molecule has 0 spiro atoms. The first-order chi connectivity index (χ1) is 14.6. The molecule has 5 nitrogen and oxygen atoms in total. The van der Waals surface area contributed by atoms with Crippen molar-refractivity contribution in [1.82, 2.24) is 10.6 Å². The third-order valence-electron chi connectivity index (χ3n) is 5.29. The fourth-order valence-corrected chi connectivity index (χ4v) is 3.36. The van der Waals surface area contributed by atoms with Gasteiger partial charge in [-0.2, -0.15) is 0 Å². The zero-order valence-corrected chi connectivity index (χ0v) is 19.5. The minimum atomic E-state index is -0.713. The molecule has 0 unspecified atom stereocenters. The van der Waals surface area contributed by atoms with Gasteiger partial charge in [0.15, 0.2) is 0 Å². The monoisotopic (exact) mass is 424 g/mol. The highest BCUT2D eigenvalue weighted by atomic mass is 16.5. The largest absolute Gasteiger partial charge is 0.459 e. The third kappa shape index (κ3) is 7.51. The van der Waals surface area contributed by atoms with Crippen molar-refractivity contribution in [2.75, 3.05) is 0 Å². The first kappa shape index (κ1) is 24.6. The lowest BCUT2D eigenvalue weighted by atomic mass is 9.85. The summed E-state index contributed by atoms with van der Waals surface area (Å²) in [7, 11) is 0. The number of carbonyl (C=O) groups is 2. The summed E-state index contributed by atoms with van der Waals surface area (Å²) >= 11 is 0. The zero-order chi connectivity index (χ0) is 23.0. The van der Waals surface area contributed by atoms with E-state index >= 15 is 0 Å². The summed E-state index contributed by atoms with van der Waals surface area (Å²) < 4.78 is 5.49. The molecule has 0 saturated heterocycles. The number of rotatable bonds is 9. The highest BCUT2D eigenvalue weighted by Crippen LogP contribution is 2.24. The number of carbonyl (C=O) groups excluding carboxylic acids is 2. The lowest BCUT2D eigenvalue weighted by Crippen LogP contribution is -2.56. The average molecular weight is 425 g/mol. The summed E-state index contributed by atoms with van der Waals surface area (Å²) in [6, 6.07) is 18.3. The molecule has 5 heteroatoms. The van der Waals surface area contributed by atoms with Gasteiger partial charge in [-0.15, -0.1) is 0 Å². The zero-order valence-electron chi connectivity index (χ0n) is 19.5. The normalized spacial score (nSPS) is 14.5. The van der Waals surface area contributed by atoms with Crippen molar-refractivity contribution in [3.8, 4) is 0 Å². The first-order valence-electron chi connectivity index (χ1n) is 10.9. The number of esters is 1. The smallest absolute Gasteiger partial charge is 0.329 e. The van der Waals surface area contributed by atoms with Crippen molar-refractivity contribution in [2.24, 2.45) is 11.3 Å². The van der Waals surface area contributed by atoms with E-state index in [0.717, 1.165) is 11.1 Å². The summed E-state index contributed by atoms with van der Waals surface area (Å²) in [5.41, 5.74) is 1.67. The summed E-state index contributed by atoms with van der Waals surface area (Å²) in [5, 5.41) is 6.39. The van der Waals surface area contributed by atoms with Crippen LogP contribution in [0.4, 0.5) is 0 Å². The Balaban J connectivity index is 2.08. The summed E-state index contributed by atoms with van der Waals surface area (Å²) in [6.45, 7) is 12.1. The molecule has 2 aromatic rings. The molecule has 2 rings (SSSR count).